The Labute approximate surface area is 166 Å². The second kappa shape index (κ2) is 7.27. The standard InChI is InChI=1S/C20H24F4N4O/c1-19(21)7-2-3-14(20(22,23)24)16(19)12-5-9-28(10-6-12)18(29)17-13-4-8-25-11-15(13)26-27-17/h2-3,7,12,16,25H,4-6,8-11H2,1H3,(H,26,27). The van der Waals surface area contributed by atoms with Crippen LogP contribution in [0.1, 0.15) is 41.5 Å². The number of aromatic nitrogens is 2. The Morgan fingerprint density at radius 3 is 2.72 bits per heavy atom. The summed E-state index contributed by atoms with van der Waals surface area (Å²) in [6, 6.07) is 0. The highest BCUT2D eigenvalue weighted by atomic mass is 19.4. The number of hydrogen-bond donors (Lipinski definition) is 2. The van der Waals surface area contributed by atoms with Crippen LogP contribution < -0.4 is 5.32 Å². The number of nitrogens with one attached hydrogen (secondary N) is 2. The van der Waals surface area contributed by atoms with Crippen molar-refractivity contribution in [1.29, 1.82) is 0 Å². The molecule has 5 nitrogen and oxygen atoms in total. The van der Waals surface area contributed by atoms with Gasteiger partial charge in [0.1, 0.15) is 5.67 Å². The Hall–Kier alpha value is -2.16. The number of nitrogens with zero attached hydrogens (tertiary/aromatic N) is 2. The number of allylic oxidation sites excluding steroid dienone is 4. The quantitative estimate of drug-likeness (QED) is 0.733. The molecule has 0 spiro atoms. The molecular formula is C20H24F4N4O. The number of H-pyrrole nitrogens is 1. The highest BCUT2D eigenvalue weighted by Gasteiger charge is 2.51. The maximum atomic E-state index is 15.0. The lowest BCUT2D eigenvalue weighted by Crippen LogP contribution is -2.46. The molecule has 29 heavy (non-hydrogen) atoms. The van der Waals surface area contributed by atoms with Gasteiger partial charge in [0.15, 0.2) is 5.69 Å². The number of halogens is 4. The number of aromatic amines is 1. The van der Waals surface area contributed by atoms with Gasteiger partial charge < -0.3 is 10.2 Å². The number of carbonyl (C=O) groups excluding carboxylic acids is 1. The van der Waals surface area contributed by atoms with E-state index < -0.39 is 29.3 Å². The van der Waals surface area contributed by atoms with Crippen molar-refractivity contribution in [3.05, 3.63) is 40.8 Å². The van der Waals surface area contributed by atoms with Crippen molar-refractivity contribution in [2.24, 2.45) is 11.8 Å². The van der Waals surface area contributed by atoms with Gasteiger partial charge in [0.2, 0.25) is 0 Å². The topological polar surface area (TPSA) is 61.0 Å². The molecular weight excluding hydrogens is 388 g/mol. The van der Waals surface area contributed by atoms with Crippen molar-refractivity contribution >= 4 is 5.91 Å². The van der Waals surface area contributed by atoms with E-state index in [-0.39, 0.29) is 5.91 Å². The smallest absolute Gasteiger partial charge is 0.337 e. The maximum absolute atomic E-state index is 15.0. The number of likely N-dealkylation sites (tertiary alicyclic amines) is 1. The molecule has 3 aliphatic rings. The molecule has 9 heteroatoms. The first kappa shape index (κ1) is 20.1. The van der Waals surface area contributed by atoms with Crippen LogP contribution in [0.2, 0.25) is 0 Å². The summed E-state index contributed by atoms with van der Waals surface area (Å²) in [6.45, 7) is 3.20. The van der Waals surface area contributed by atoms with Crippen LogP contribution in [0, 0.1) is 11.8 Å². The summed E-state index contributed by atoms with van der Waals surface area (Å²) in [4.78, 5) is 14.5. The summed E-state index contributed by atoms with van der Waals surface area (Å²) in [7, 11) is 0. The number of rotatable bonds is 2. The van der Waals surface area contributed by atoms with Crippen LogP contribution >= 0.6 is 0 Å². The van der Waals surface area contributed by atoms with Crippen LogP contribution in [-0.4, -0.2) is 52.5 Å². The third-order valence-electron chi connectivity index (χ3n) is 6.28. The van der Waals surface area contributed by atoms with Crippen molar-refractivity contribution in [2.75, 3.05) is 19.6 Å². The molecule has 1 fully saturated rings. The Balaban J connectivity index is 1.48. The summed E-state index contributed by atoms with van der Waals surface area (Å²) in [5.74, 6) is -1.95. The number of fused-ring (bicyclic) bond motifs is 1. The first-order valence-electron chi connectivity index (χ1n) is 9.90. The van der Waals surface area contributed by atoms with Gasteiger partial charge >= 0.3 is 6.18 Å². The lowest BCUT2D eigenvalue weighted by Gasteiger charge is -2.42. The van der Waals surface area contributed by atoms with Gasteiger partial charge in [-0.2, -0.15) is 18.3 Å². The molecule has 4 rings (SSSR count). The predicted octanol–water partition coefficient (Wildman–Crippen LogP) is 3.31. The van der Waals surface area contributed by atoms with Crippen molar-refractivity contribution in [2.45, 2.75) is 44.6 Å². The van der Waals surface area contributed by atoms with E-state index in [0.717, 1.165) is 30.0 Å². The molecule has 0 bridgehead atoms. The van der Waals surface area contributed by atoms with E-state index in [2.05, 4.69) is 15.5 Å². The summed E-state index contributed by atoms with van der Waals surface area (Å²) in [5, 5.41) is 10.3. The summed E-state index contributed by atoms with van der Waals surface area (Å²) < 4.78 is 55.5. The average molecular weight is 412 g/mol. The minimum atomic E-state index is -4.57. The number of piperidine rings is 1. The van der Waals surface area contributed by atoms with E-state index in [9.17, 15) is 18.0 Å². The van der Waals surface area contributed by atoms with Gasteiger partial charge in [0.25, 0.3) is 5.91 Å². The predicted molar refractivity (Wildman–Crippen MR) is 98.9 cm³/mol. The van der Waals surface area contributed by atoms with Crippen LogP contribution in [0.25, 0.3) is 0 Å². The summed E-state index contributed by atoms with van der Waals surface area (Å²) >= 11 is 0. The van der Waals surface area contributed by atoms with Crippen molar-refractivity contribution in [1.82, 2.24) is 20.4 Å². The van der Waals surface area contributed by atoms with E-state index in [0.29, 0.717) is 44.6 Å². The van der Waals surface area contributed by atoms with Gasteiger partial charge in [0, 0.05) is 36.7 Å². The zero-order valence-electron chi connectivity index (χ0n) is 16.2. The third-order valence-corrected chi connectivity index (χ3v) is 6.28. The van der Waals surface area contributed by atoms with Crippen LogP contribution in [-0.2, 0) is 13.0 Å². The highest BCUT2D eigenvalue weighted by Crippen LogP contribution is 2.48. The Bertz CT molecular complexity index is 847. The molecule has 2 unspecified atom stereocenters. The minimum absolute atomic E-state index is 0.207. The number of carbonyl (C=O) groups is 1. The van der Waals surface area contributed by atoms with E-state index in [1.54, 1.807) is 4.90 Å². The fourth-order valence-electron chi connectivity index (χ4n) is 4.84. The SMILES string of the molecule is CC1(F)C=CC=C(C(F)(F)F)C1C1CCN(C(=O)c2n[nH]c3c2CCNC3)CC1. The second-order valence-corrected chi connectivity index (χ2v) is 8.19. The van der Waals surface area contributed by atoms with Crippen molar-refractivity contribution < 1.29 is 22.4 Å². The molecule has 1 aliphatic carbocycles. The third kappa shape index (κ3) is 3.72. The van der Waals surface area contributed by atoms with Gasteiger partial charge in [-0.15, -0.1) is 0 Å². The lowest BCUT2D eigenvalue weighted by atomic mass is 9.69. The lowest BCUT2D eigenvalue weighted by molar-refractivity contribution is -0.111. The zero-order chi connectivity index (χ0) is 20.8. The summed E-state index contributed by atoms with van der Waals surface area (Å²) in [5.41, 5.74) is -0.677. The fraction of sp³-hybridized carbons (Fsp3) is 0.600. The van der Waals surface area contributed by atoms with Gasteiger partial charge in [0.05, 0.1) is 5.69 Å². The molecule has 1 aromatic rings. The maximum Gasteiger partial charge on any atom is 0.413 e. The first-order chi connectivity index (χ1) is 13.7. The van der Waals surface area contributed by atoms with Crippen LogP contribution in [0.3, 0.4) is 0 Å². The van der Waals surface area contributed by atoms with E-state index in [4.69, 9.17) is 0 Å². The Kier molecular flexibility index (Phi) is 5.04. The minimum Gasteiger partial charge on any atom is -0.337 e. The second-order valence-electron chi connectivity index (χ2n) is 8.19. The molecule has 1 amide bonds. The molecule has 2 aliphatic heterocycles. The van der Waals surface area contributed by atoms with Gasteiger partial charge in [-0.25, -0.2) is 4.39 Å². The average Bonchev–Trinajstić information content (AvgIpc) is 3.10. The van der Waals surface area contributed by atoms with E-state index >= 15 is 4.39 Å². The number of amides is 1. The number of alkyl halides is 4. The molecule has 3 heterocycles. The van der Waals surface area contributed by atoms with E-state index in [1.807, 2.05) is 0 Å². The van der Waals surface area contributed by atoms with Crippen LogP contribution in [0.4, 0.5) is 17.6 Å². The van der Waals surface area contributed by atoms with Crippen molar-refractivity contribution in [3.63, 3.8) is 0 Å². The Morgan fingerprint density at radius 2 is 2.03 bits per heavy atom. The Morgan fingerprint density at radius 1 is 1.31 bits per heavy atom. The van der Waals surface area contributed by atoms with Crippen LogP contribution in [0.5, 0.6) is 0 Å². The molecule has 0 aromatic carbocycles. The van der Waals surface area contributed by atoms with Crippen molar-refractivity contribution in [3.8, 4) is 0 Å². The molecule has 0 saturated carbocycles. The van der Waals surface area contributed by atoms with E-state index in [1.165, 1.54) is 13.0 Å². The van der Waals surface area contributed by atoms with Gasteiger partial charge in [-0.3, -0.25) is 9.89 Å². The normalized spacial score (nSPS) is 28.2. The molecule has 1 aromatic heterocycles. The van der Waals surface area contributed by atoms with Crippen LogP contribution in [0.15, 0.2) is 23.8 Å². The molecule has 2 atom stereocenters. The molecule has 158 valence electrons. The fourth-order valence-corrected chi connectivity index (χ4v) is 4.84. The highest BCUT2D eigenvalue weighted by molar-refractivity contribution is 5.94. The largest absolute Gasteiger partial charge is 0.413 e. The zero-order valence-corrected chi connectivity index (χ0v) is 16.2. The monoisotopic (exact) mass is 412 g/mol. The molecule has 0 radical (unpaired) electrons. The summed E-state index contributed by atoms with van der Waals surface area (Å²) in [6.07, 6.45) is 0.113. The molecule has 2 N–H and O–H groups in total. The number of hydrogen-bond acceptors (Lipinski definition) is 3. The first-order valence-corrected chi connectivity index (χ1v) is 9.90. The van der Waals surface area contributed by atoms with Gasteiger partial charge in [-0.1, -0.05) is 12.2 Å². The molecule has 1 saturated heterocycles. The van der Waals surface area contributed by atoms with Gasteiger partial charge in [-0.05, 0) is 44.7 Å².